The van der Waals surface area contributed by atoms with E-state index in [1.165, 1.54) is 0 Å². The second-order valence-corrected chi connectivity index (χ2v) is 6.23. The maximum absolute atomic E-state index is 12.0. The van der Waals surface area contributed by atoms with Crippen LogP contribution < -0.4 is 5.32 Å². The smallest absolute Gasteiger partial charge is 0.317 e. The van der Waals surface area contributed by atoms with Crippen LogP contribution in [-0.2, 0) is 0 Å². The highest BCUT2D eigenvalue weighted by Crippen LogP contribution is 2.11. The van der Waals surface area contributed by atoms with Gasteiger partial charge in [0.2, 0.25) is 0 Å². The summed E-state index contributed by atoms with van der Waals surface area (Å²) in [5, 5.41) is 7.45. The summed E-state index contributed by atoms with van der Waals surface area (Å²) in [6.07, 6.45) is 0. The summed E-state index contributed by atoms with van der Waals surface area (Å²) < 4.78 is 1.97. The van der Waals surface area contributed by atoms with Crippen molar-refractivity contribution in [3.8, 4) is 0 Å². The molecule has 1 N–H and O–H groups in total. The third kappa shape index (κ3) is 3.65. The average Bonchev–Trinajstić information content (AvgIpc) is 2.75. The molecule has 1 saturated heterocycles. The van der Waals surface area contributed by atoms with Crippen LogP contribution in [0.1, 0.15) is 24.4 Å². The molecule has 0 bridgehead atoms. The van der Waals surface area contributed by atoms with Crippen LogP contribution in [0.25, 0.3) is 0 Å². The van der Waals surface area contributed by atoms with Gasteiger partial charge in [0.1, 0.15) is 0 Å². The molecule has 1 fully saturated rings. The fraction of sp³-hybridized carbons (Fsp3) is 0.692. The number of rotatable bonds is 3. The van der Waals surface area contributed by atoms with Crippen molar-refractivity contribution in [1.29, 1.82) is 0 Å². The molecule has 0 unspecified atom stereocenters. The number of thioether (sulfide) groups is 1. The Kier molecular flexibility index (Phi) is 4.74. The van der Waals surface area contributed by atoms with Crippen molar-refractivity contribution >= 4 is 17.8 Å². The maximum Gasteiger partial charge on any atom is 0.317 e. The van der Waals surface area contributed by atoms with Gasteiger partial charge in [0.15, 0.2) is 0 Å². The van der Waals surface area contributed by atoms with Crippen LogP contribution in [0.15, 0.2) is 6.07 Å². The second-order valence-electron chi connectivity index (χ2n) is 5.01. The van der Waals surface area contributed by atoms with E-state index in [1.807, 2.05) is 35.2 Å². The molecule has 6 heteroatoms. The van der Waals surface area contributed by atoms with Crippen molar-refractivity contribution in [2.24, 2.45) is 0 Å². The molecule has 1 aromatic heterocycles. The molecule has 0 aromatic carbocycles. The zero-order chi connectivity index (χ0) is 13.8. The predicted octanol–water partition coefficient (Wildman–Crippen LogP) is 1.82. The number of nitrogens with zero attached hydrogens (tertiary/aromatic N) is 3. The van der Waals surface area contributed by atoms with Crippen LogP contribution in [0.2, 0.25) is 0 Å². The topological polar surface area (TPSA) is 50.2 Å². The summed E-state index contributed by atoms with van der Waals surface area (Å²) in [6.45, 7) is 8.42. The third-order valence-electron chi connectivity index (χ3n) is 3.31. The van der Waals surface area contributed by atoms with Gasteiger partial charge in [0.05, 0.1) is 11.7 Å². The van der Waals surface area contributed by atoms with Gasteiger partial charge in [-0.25, -0.2) is 4.79 Å². The molecule has 1 aromatic rings. The highest BCUT2D eigenvalue weighted by molar-refractivity contribution is 7.99. The van der Waals surface area contributed by atoms with Crippen molar-refractivity contribution < 1.29 is 4.79 Å². The predicted molar refractivity (Wildman–Crippen MR) is 78.7 cm³/mol. The molecule has 2 rings (SSSR count). The average molecular weight is 282 g/mol. The first-order valence-corrected chi connectivity index (χ1v) is 7.86. The number of aryl methyl sites for hydroxylation is 2. The number of hydrogen-bond donors (Lipinski definition) is 1. The first-order chi connectivity index (χ1) is 9.08. The van der Waals surface area contributed by atoms with E-state index in [0.29, 0.717) is 6.54 Å². The van der Waals surface area contributed by atoms with E-state index in [4.69, 9.17) is 0 Å². The molecule has 2 heterocycles. The Morgan fingerprint density at radius 3 is 2.74 bits per heavy atom. The van der Waals surface area contributed by atoms with E-state index in [9.17, 15) is 4.79 Å². The number of amides is 2. The zero-order valence-electron chi connectivity index (χ0n) is 11.8. The molecule has 0 spiro atoms. The number of aromatic nitrogens is 2. The number of nitrogens with one attached hydrogen (secondary N) is 1. The fourth-order valence-corrected chi connectivity index (χ4v) is 3.20. The molecule has 0 saturated carbocycles. The lowest BCUT2D eigenvalue weighted by molar-refractivity contribution is 0.201. The van der Waals surface area contributed by atoms with Crippen LogP contribution in [0.4, 0.5) is 4.79 Å². The van der Waals surface area contributed by atoms with Crippen molar-refractivity contribution in [2.45, 2.75) is 26.8 Å². The molecule has 0 aliphatic carbocycles. The Hall–Kier alpha value is -1.17. The Morgan fingerprint density at radius 2 is 2.16 bits per heavy atom. The highest BCUT2D eigenvalue weighted by atomic mass is 32.2. The lowest BCUT2D eigenvalue weighted by Crippen LogP contribution is -2.45. The number of carbonyl (C=O) groups excluding carboxylic acids is 1. The summed E-state index contributed by atoms with van der Waals surface area (Å²) in [4.78, 5) is 13.9. The van der Waals surface area contributed by atoms with Crippen molar-refractivity contribution in [3.05, 3.63) is 17.5 Å². The molecule has 0 radical (unpaired) electrons. The van der Waals surface area contributed by atoms with Crippen molar-refractivity contribution in [2.75, 3.05) is 31.1 Å². The monoisotopic (exact) mass is 282 g/mol. The van der Waals surface area contributed by atoms with Crippen molar-refractivity contribution in [3.63, 3.8) is 0 Å². The first-order valence-electron chi connectivity index (χ1n) is 6.71. The van der Waals surface area contributed by atoms with Crippen LogP contribution in [0.3, 0.4) is 0 Å². The molecular weight excluding hydrogens is 260 g/mol. The van der Waals surface area contributed by atoms with Gasteiger partial charge in [-0.3, -0.25) is 4.68 Å². The second kappa shape index (κ2) is 6.32. The van der Waals surface area contributed by atoms with Gasteiger partial charge >= 0.3 is 6.03 Å². The fourth-order valence-electron chi connectivity index (χ4n) is 2.29. The largest absolute Gasteiger partial charge is 0.336 e. The van der Waals surface area contributed by atoms with Gasteiger partial charge in [0, 0.05) is 36.8 Å². The Bertz CT molecular complexity index is 440. The number of urea groups is 1. The van der Waals surface area contributed by atoms with E-state index in [2.05, 4.69) is 23.4 Å². The summed E-state index contributed by atoms with van der Waals surface area (Å²) in [6, 6.07) is 2.28. The van der Waals surface area contributed by atoms with Gasteiger partial charge in [-0.2, -0.15) is 16.9 Å². The van der Waals surface area contributed by atoms with Gasteiger partial charge in [-0.1, -0.05) is 0 Å². The molecule has 2 amide bonds. The van der Waals surface area contributed by atoms with E-state index in [1.54, 1.807) is 0 Å². The van der Waals surface area contributed by atoms with Gasteiger partial charge < -0.3 is 10.2 Å². The van der Waals surface area contributed by atoms with E-state index < -0.39 is 0 Å². The highest BCUT2D eigenvalue weighted by Gasteiger charge is 2.17. The maximum atomic E-state index is 12.0. The minimum Gasteiger partial charge on any atom is -0.336 e. The molecule has 5 nitrogen and oxygen atoms in total. The quantitative estimate of drug-likeness (QED) is 0.920. The van der Waals surface area contributed by atoms with Gasteiger partial charge in [-0.05, 0) is 26.8 Å². The molecule has 1 aliphatic heterocycles. The Balaban J connectivity index is 1.84. The Morgan fingerprint density at radius 1 is 1.47 bits per heavy atom. The zero-order valence-corrected chi connectivity index (χ0v) is 12.7. The van der Waals surface area contributed by atoms with Gasteiger partial charge in [0.25, 0.3) is 0 Å². The minimum atomic E-state index is 0.0497. The lowest BCUT2D eigenvalue weighted by Gasteiger charge is -2.27. The molecular formula is C13H22N4OS. The van der Waals surface area contributed by atoms with Crippen LogP contribution in [-0.4, -0.2) is 51.9 Å². The molecule has 1 atom stereocenters. The number of carbonyl (C=O) groups is 1. The SMILES string of the molecule is Cc1cc(C)n([C@@H](C)CNC(=O)N2CCSCC2)n1. The standard InChI is InChI=1S/C13H22N4OS/c1-10-8-11(2)17(15-10)12(3)9-14-13(18)16-4-6-19-7-5-16/h8,12H,4-7,9H2,1-3H3,(H,14,18)/t12-/m0/s1. The summed E-state index contributed by atoms with van der Waals surface area (Å²) in [5.74, 6) is 2.08. The first kappa shape index (κ1) is 14.2. The molecule has 106 valence electrons. The Labute approximate surface area is 118 Å². The van der Waals surface area contributed by atoms with Crippen molar-refractivity contribution in [1.82, 2.24) is 20.0 Å². The van der Waals surface area contributed by atoms with Crippen LogP contribution in [0.5, 0.6) is 0 Å². The molecule has 19 heavy (non-hydrogen) atoms. The van der Waals surface area contributed by atoms with E-state index in [-0.39, 0.29) is 12.1 Å². The normalized spacial score (nSPS) is 17.3. The summed E-state index contributed by atoms with van der Waals surface area (Å²) in [7, 11) is 0. The summed E-state index contributed by atoms with van der Waals surface area (Å²) in [5.41, 5.74) is 2.15. The number of hydrogen-bond acceptors (Lipinski definition) is 3. The van der Waals surface area contributed by atoms with E-state index >= 15 is 0 Å². The minimum absolute atomic E-state index is 0.0497. The van der Waals surface area contributed by atoms with Gasteiger partial charge in [-0.15, -0.1) is 0 Å². The molecule has 1 aliphatic rings. The lowest BCUT2D eigenvalue weighted by atomic mass is 10.3. The third-order valence-corrected chi connectivity index (χ3v) is 4.25. The summed E-state index contributed by atoms with van der Waals surface area (Å²) >= 11 is 1.91. The van der Waals surface area contributed by atoms with Crippen LogP contribution in [0, 0.1) is 13.8 Å². The van der Waals surface area contributed by atoms with E-state index in [0.717, 1.165) is 36.0 Å². The van der Waals surface area contributed by atoms with Crippen LogP contribution >= 0.6 is 11.8 Å².